The molecule has 0 aliphatic heterocycles. The Bertz CT molecular complexity index is 465. The molecule has 1 heterocycles. The van der Waals surface area contributed by atoms with E-state index in [2.05, 4.69) is 27.7 Å². The summed E-state index contributed by atoms with van der Waals surface area (Å²) in [7, 11) is 0. The number of halogens is 2. The van der Waals surface area contributed by atoms with Crippen LogP contribution in [0.5, 0.6) is 0 Å². The van der Waals surface area contributed by atoms with Gasteiger partial charge in [-0.1, -0.05) is 11.6 Å². The molecule has 2 nitrogen and oxygen atoms in total. The number of hydrogen-bond acceptors (Lipinski definition) is 1. The first-order valence-electron chi connectivity index (χ1n) is 4.14. The Balaban J connectivity index is 2.52. The minimum absolute atomic E-state index is 0.722. The highest BCUT2D eigenvalue weighted by atomic mass is 127. The van der Waals surface area contributed by atoms with E-state index in [1.54, 1.807) is 4.68 Å². The van der Waals surface area contributed by atoms with Crippen molar-refractivity contribution in [3.63, 3.8) is 0 Å². The summed E-state index contributed by atoms with van der Waals surface area (Å²) in [5.41, 5.74) is 1.90. The summed E-state index contributed by atoms with van der Waals surface area (Å²) in [6.45, 7) is 1.96. The summed E-state index contributed by atoms with van der Waals surface area (Å²) in [6.07, 6.45) is 1.91. The van der Waals surface area contributed by atoms with Crippen molar-refractivity contribution < 1.29 is 0 Å². The molecule has 0 amide bonds. The van der Waals surface area contributed by atoms with Crippen molar-refractivity contribution in [3.05, 3.63) is 44.7 Å². The van der Waals surface area contributed by atoms with E-state index in [4.69, 9.17) is 11.6 Å². The molecule has 0 spiro atoms. The molecule has 0 N–H and O–H groups in total. The second-order valence-corrected chi connectivity index (χ2v) is 4.65. The normalized spacial score (nSPS) is 10.5. The van der Waals surface area contributed by atoms with Crippen LogP contribution in [0.1, 0.15) is 5.69 Å². The van der Waals surface area contributed by atoms with Crippen LogP contribution in [0.2, 0.25) is 5.02 Å². The predicted octanol–water partition coefficient (Wildman–Crippen LogP) is 3.44. The molecule has 0 aliphatic rings. The summed E-state index contributed by atoms with van der Waals surface area (Å²) in [5.74, 6) is 0. The Kier molecular flexibility index (Phi) is 2.78. The zero-order valence-electron chi connectivity index (χ0n) is 7.54. The van der Waals surface area contributed by atoms with Crippen molar-refractivity contribution >= 4 is 34.2 Å². The third-order valence-electron chi connectivity index (χ3n) is 1.88. The van der Waals surface area contributed by atoms with Gasteiger partial charge in [0.05, 0.1) is 16.4 Å². The maximum Gasteiger partial charge on any atom is 0.0832 e. The van der Waals surface area contributed by atoms with Crippen LogP contribution in [-0.4, -0.2) is 9.78 Å². The van der Waals surface area contributed by atoms with Gasteiger partial charge in [0.15, 0.2) is 0 Å². The first-order valence-corrected chi connectivity index (χ1v) is 5.60. The van der Waals surface area contributed by atoms with Crippen LogP contribution >= 0.6 is 34.2 Å². The van der Waals surface area contributed by atoms with Crippen LogP contribution in [0, 0.1) is 10.5 Å². The lowest BCUT2D eigenvalue weighted by atomic mass is 10.3. The summed E-state index contributed by atoms with van der Waals surface area (Å²) in [6, 6.07) is 7.86. The van der Waals surface area contributed by atoms with E-state index in [0.29, 0.717) is 0 Å². The van der Waals surface area contributed by atoms with Gasteiger partial charge in [-0.2, -0.15) is 5.10 Å². The molecule has 14 heavy (non-hydrogen) atoms. The Labute approximate surface area is 101 Å². The second-order valence-electron chi connectivity index (χ2n) is 3.00. The van der Waals surface area contributed by atoms with Gasteiger partial charge in [-0.05, 0) is 53.8 Å². The molecule has 2 aromatic rings. The van der Waals surface area contributed by atoms with Crippen LogP contribution in [-0.2, 0) is 0 Å². The second kappa shape index (κ2) is 3.90. The molecule has 0 saturated carbocycles. The summed E-state index contributed by atoms with van der Waals surface area (Å²) < 4.78 is 2.91. The zero-order chi connectivity index (χ0) is 10.1. The first kappa shape index (κ1) is 9.98. The third kappa shape index (κ3) is 1.93. The molecule has 1 aromatic heterocycles. The standard InChI is InChI=1S/C10H8ClIN2/c1-7-4-5-14(13-7)10-3-2-8(12)6-9(10)11/h2-6H,1H3. The largest absolute Gasteiger partial charge is 0.239 e. The molecular weight excluding hydrogens is 310 g/mol. The molecular formula is C10H8ClIN2. The fraction of sp³-hybridized carbons (Fsp3) is 0.100. The average Bonchev–Trinajstić information content (AvgIpc) is 2.51. The number of hydrogen-bond donors (Lipinski definition) is 0. The summed E-state index contributed by atoms with van der Waals surface area (Å²) >= 11 is 8.34. The van der Waals surface area contributed by atoms with Gasteiger partial charge in [0.2, 0.25) is 0 Å². The van der Waals surface area contributed by atoms with Crippen molar-refractivity contribution in [2.75, 3.05) is 0 Å². The lowest BCUT2D eigenvalue weighted by Gasteiger charge is -2.03. The predicted molar refractivity (Wildman–Crippen MR) is 66.0 cm³/mol. The van der Waals surface area contributed by atoms with E-state index in [1.807, 2.05) is 37.4 Å². The Morgan fingerprint density at radius 1 is 1.36 bits per heavy atom. The van der Waals surface area contributed by atoms with E-state index in [1.165, 1.54) is 0 Å². The van der Waals surface area contributed by atoms with Gasteiger partial charge in [0.25, 0.3) is 0 Å². The van der Waals surface area contributed by atoms with Gasteiger partial charge in [0, 0.05) is 9.77 Å². The van der Waals surface area contributed by atoms with Gasteiger partial charge in [-0.3, -0.25) is 0 Å². The van der Waals surface area contributed by atoms with E-state index < -0.39 is 0 Å². The number of aromatic nitrogens is 2. The topological polar surface area (TPSA) is 17.8 Å². The average molecular weight is 319 g/mol. The molecule has 4 heteroatoms. The molecule has 0 radical (unpaired) electrons. The van der Waals surface area contributed by atoms with Crippen LogP contribution in [0.25, 0.3) is 5.69 Å². The smallest absolute Gasteiger partial charge is 0.0832 e. The Morgan fingerprint density at radius 2 is 2.14 bits per heavy atom. The lowest BCUT2D eigenvalue weighted by molar-refractivity contribution is 0.862. The van der Waals surface area contributed by atoms with Gasteiger partial charge in [-0.25, -0.2) is 4.68 Å². The number of aryl methyl sites for hydroxylation is 1. The minimum atomic E-state index is 0.722. The van der Waals surface area contributed by atoms with Crippen molar-refractivity contribution in [1.29, 1.82) is 0 Å². The highest BCUT2D eigenvalue weighted by Gasteiger charge is 2.03. The third-order valence-corrected chi connectivity index (χ3v) is 2.85. The highest BCUT2D eigenvalue weighted by Crippen LogP contribution is 2.22. The Hall–Kier alpha value is -0.550. The molecule has 0 unspecified atom stereocenters. The number of nitrogens with zero attached hydrogens (tertiary/aromatic N) is 2. The van der Waals surface area contributed by atoms with Crippen LogP contribution in [0.3, 0.4) is 0 Å². The molecule has 0 bridgehead atoms. The molecule has 0 fully saturated rings. The van der Waals surface area contributed by atoms with E-state index >= 15 is 0 Å². The lowest BCUT2D eigenvalue weighted by Crippen LogP contribution is -1.96. The van der Waals surface area contributed by atoms with Crippen molar-refractivity contribution in [3.8, 4) is 5.69 Å². The van der Waals surface area contributed by atoms with Gasteiger partial charge in [-0.15, -0.1) is 0 Å². The quantitative estimate of drug-likeness (QED) is 0.737. The molecule has 72 valence electrons. The van der Waals surface area contributed by atoms with Crippen LogP contribution in [0.4, 0.5) is 0 Å². The van der Waals surface area contributed by atoms with Crippen molar-refractivity contribution in [2.24, 2.45) is 0 Å². The maximum atomic E-state index is 6.11. The molecule has 0 atom stereocenters. The first-order chi connectivity index (χ1) is 6.66. The Morgan fingerprint density at radius 3 is 2.71 bits per heavy atom. The van der Waals surface area contributed by atoms with Gasteiger partial charge < -0.3 is 0 Å². The van der Waals surface area contributed by atoms with E-state index in [0.717, 1.165) is 20.0 Å². The maximum absolute atomic E-state index is 6.11. The molecule has 1 aromatic carbocycles. The molecule has 0 aliphatic carbocycles. The van der Waals surface area contributed by atoms with E-state index in [-0.39, 0.29) is 0 Å². The SMILES string of the molecule is Cc1ccn(-c2ccc(I)cc2Cl)n1. The summed E-state index contributed by atoms with van der Waals surface area (Å²) in [4.78, 5) is 0. The van der Waals surface area contributed by atoms with Gasteiger partial charge in [0.1, 0.15) is 0 Å². The van der Waals surface area contributed by atoms with E-state index in [9.17, 15) is 0 Å². The number of rotatable bonds is 1. The van der Waals surface area contributed by atoms with Crippen molar-refractivity contribution in [1.82, 2.24) is 9.78 Å². The minimum Gasteiger partial charge on any atom is -0.239 e. The fourth-order valence-corrected chi connectivity index (χ4v) is 2.16. The monoisotopic (exact) mass is 318 g/mol. The zero-order valence-corrected chi connectivity index (χ0v) is 10.5. The molecule has 2 rings (SSSR count). The van der Waals surface area contributed by atoms with Crippen LogP contribution < -0.4 is 0 Å². The van der Waals surface area contributed by atoms with Gasteiger partial charge >= 0.3 is 0 Å². The number of benzene rings is 1. The fourth-order valence-electron chi connectivity index (χ4n) is 1.22. The van der Waals surface area contributed by atoms with Crippen LogP contribution in [0.15, 0.2) is 30.5 Å². The summed E-state index contributed by atoms with van der Waals surface area (Å²) in [5, 5.41) is 5.02. The molecule has 0 saturated heterocycles. The van der Waals surface area contributed by atoms with Crippen molar-refractivity contribution in [2.45, 2.75) is 6.92 Å². The highest BCUT2D eigenvalue weighted by molar-refractivity contribution is 14.1.